The lowest BCUT2D eigenvalue weighted by Gasteiger charge is -2.34. The Hall–Kier alpha value is -1.68. The topological polar surface area (TPSA) is 67.6 Å². The molecule has 1 saturated heterocycles. The van der Waals surface area contributed by atoms with Crippen LogP contribution >= 0.6 is 24.0 Å². The molecule has 0 amide bonds. The predicted octanol–water partition coefficient (Wildman–Crippen LogP) is 3.57. The highest BCUT2D eigenvalue weighted by Crippen LogP contribution is 2.21. The first-order chi connectivity index (χ1) is 14.7. The SMILES string of the molecule is CCOCCCNC(=NCc1nnc(C)n1C)N1CCC(Cc2ccccc2)CC1.I. The highest BCUT2D eigenvalue weighted by molar-refractivity contribution is 14.0. The minimum Gasteiger partial charge on any atom is -0.382 e. The molecule has 0 unspecified atom stereocenters. The summed E-state index contributed by atoms with van der Waals surface area (Å²) in [6.07, 6.45) is 4.52. The van der Waals surface area contributed by atoms with Gasteiger partial charge in [-0.1, -0.05) is 30.3 Å². The summed E-state index contributed by atoms with van der Waals surface area (Å²) in [4.78, 5) is 7.28. The first kappa shape index (κ1) is 25.6. The number of benzene rings is 1. The Bertz CT molecular complexity index is 787. The van der Waals surface area contributed by atoms with E-state index in [1.54, 1.807) is 0 Å². The number of likely N-dealkylation sites (tertiary alicyclic amines) is 1. The molecule has 2 heterocycles. The van der Waals surface area contributed by atoms with E-state index in [9.17, 15) is 0 Å². The summed E-state index contributed by atoms with van der Waals surface area (Å²) in [5.74, 6) is 3.52. The zero-order valence-corrected chi connectivity index (χ0v) is 21.4. The Balaban J connectivity index is 0.00000341. The van der Waals surface area contributed by atoms with Crippen LogP contribution < -0.4 is 5.32 Å². The van der Waals surface area contributed by atoms with E-state index in [1.807, 2.05) is 25.5 Å². The maximum absolute atomic E-state index is 5.46. The fraction of sp³-hybridized carbons (Fsp3) is 0.609. The fourth-order valence-corrected chi connectivity index (χ4v) is 3.82. The number of nitrogens with one attached hydrogen (secondary N) is 1. The van der Waals surface area contributed by atoms with Gasteiger partial charge in [-0.25, -0.2) is 4.99 Å². The third-order valence-electron chi connectivity index (χ3n) is 5.79. The van der Waals surface area contributed by atoms with Gasteiger partial charge in [0.15, 0.2) is 11.8 Å². The molecule has 1 N–H and O–H groups in total. The number of ether oxygens (including phenoxy) is 1. The Morgan fingerprint density at radius 3 is 2.58 bits per heavy atom. The van der Waals surface area contributed by atoms with Crippen LogP contribution in [0.4, 0.5) is 0 Å². The molecule has 0 atom stereocenters. The second-order valence-corrected chi connectivity index (χ2v) is 7.96. The van der Waals surface area contributed by atoms with Crippen molar-refractivity contribution in [3.63, 3.8) is 0 Å². The van der Waals surface area contributed by atoms with Crippen molar-refractivity contribution in [2.45, 2.75) is 46.1 Å². The lowest BCUT2D eigenvalue weighted by Crippen LogP contribution is -2.46. The number of nitrogens with zero attached hydrogens (tertiary/aromatic N) is 5. The molecule has 0 aliphatic carbocycles. The molecular formula is C23H37IN6O. The maximum atomic E-state index is 5.46. The zero-order valence-electron chi connectivity index (χ0n) is 19.1. The summed E-state index contributed by atoms with van der Waals surface area (Å²) in [5.41, 5.74) is 1.44. The van der Waals surface area contributed by atoms with E-state index in [-0.39, 0.29) is 24.0 Å². The summed E-state index contributed by atoms with van der Waals surface area (Å²) in [6.45, 7) is 9.00. The van der Waals surface area contributed by atoms with Crippen LogP contribution in [-0.4, -0.2) is 58.5 Å². The molecule has 0 bridgehead atoms. The molecule has 1 aliphatic rings. The second-order valence-electron chi connectivity index (χ2n) is 7.96. The van der Waals surface area contributed by atoms with Crippen LogP contribution in [0.15, 0.2) is 35.3 Å². The zero-order chi connectivity index (χ0) is 21.2. The van der Waals surface area contributed by atoms with E-state index in [0.29, 0.717) is 6.54 Å². The number of rotatable bonds is 9. The van der Waals surface area contributed by atoms with Crippen LogP contribution in [-0.2, 0) is 24.8 Å². The van der Waals surface area contributed by atoms with Crippen molar-refractivity contribution in [1.82, 2.24) is 25.0 Å². The van der Waals surface area contributed by atoms with Crippen molar-refractivity contribution in [2.24, 2.45) is 18.0 Å². The summed E-state index contributed by atoms with van der Waals surface area (Å²) in [6, 6.07) is 10.8. The van der Waals surface area contributed by atoms with Gasteiger partial charge in [-0.15, -0.1) is 34.2 Å². The van der Waals surface area contributed by atoms with Crippen molar-refractivity contribution in [3.05, 3.63) is 47.5 Å². The van der Waals surface area contributed by atoms with Crippen LogP contribution in [0.3, 0.4) is 0 Å². The average molecular weight is 540 g/mol. The van der Waals surface area contributed by atoms with E-state index in [0.717, 1.165) is 62.8 Å². The monoisotopic (exact) mass is 540 g/mol. The molecule has 1 aromatic carbocycles. The molecule has 1 fully saturated rings. The van der Waals surface area contributed by atoms with Gasteiger partial charge < -0.3 is 19.5 Å². The Morgan fingerprint density at radius 1 is 1.19 bits per heavy atom. The smallest absolute Gasteiger partial charge is 0.194 e. The molecule has 0 saturated carbocycles. The minimum atomic E-state index is 0. The number of aryl methyl sites for hydroxylation is 1. The predicted molar refractivity (Wildman–Crippen MR) is 136 cm³/mol. The number of piperidine rings is 1. The van der Waals surface area contributed by atoms with Crippen molar-refractivity contribution in [2.75, 3.05) is 32.8 Å². The largest absolute Gasteiger partial charge is 0.382 e. The van der Waals surface area contributed by atoms with Gasteiger partial charge in [0.1, 0.15) is 12.4 Å². The van der Waals surface area contributed by atoms with Gasteiger partial charge in [0.25, 0.3) is 0 Å². The van der Waals surface area contributed by atoms with E-state index in [2.05, 4.69) is 50.7 Å². The third-order valence-corrected chi connectivity index (χ3v) is 5.79. The maximum Gasteiger partial charge on any atom is 0.194 e. The Labute approximate surface area is 203 Å². The van der Waals surface area contributed by atoms with Gasteiger partial charge in [-0.05, 0) is 51.0 Å². The summed E-state index contributed by atoms with van der Waals surface area (Å²) >= 11 is 0. The van der Waals surface area contributed by atoms with Crippen LogP contribution in [0.25, 0.3) is 0 Å². The molecule has 1 aromatic heterocycles. The number of hydrogen-bond donors (Lipinski definition) is 1. The van der Waals surface area contributed by atoms with Crippen LogP contribution in [0.2, 0.25) is 0 Å². The lowest BCUT2D eigenvalue weighted by molar-refractivity contribution is 0.145. The molecule has 0 radical (unpaired) electrons. The van der Waals surface area contributed by atoms with Crippen molar-refractivity contribution < 1.29 is 4.74 Å². The van der Waals surface area contributed by atoms with E-state index >= 15 is 0 Å². The van der Waals surface area contributed by atoms with Gasteiger partial charge in [0.05, 0.1) is 0 Å². The second kappa shape index (κ2) is 13.7. The highest BCUT2D eigenvalue weighted by Gasteiger charge is 2.22. The molecule has 8 heteroatoms. The number of guanidine groups is 1. The quantitative estimate of drug-likeness (QED) is 0.228. The van der Waals surface area contributed by atoms with E-state index in [4.69, 9.17) is 9.73 Å². The Kier molecular flexibility index (Phi) is 11.3. The molecular weight excluding hydrogens is 503 g/mol. The van der Waals surface area contributed by atoms with Crippen molar-refractivity contribution in [3.8, 4) is 0 Å². The van der Waals surface area contributed by atoms with E-state index < -0.39 is 0 Å². The molecule has 1 aliphatic heterocycles. The summed E-state index contributed by atoms with van der Waals surface area (Å²) < 4.78 is 7.47. The lowest BCUT2D eigenvalue weighted by atomic mass is 9.90. The summed E-state index contributed by atoms with van der Waals surface area (Å²) in [7, 11) is 1.99. The molecule has 2 aromatic rings. The van der Waals surface area contributed by atoms with E-state index in [1.165, 1.54) is 24.8 Å². The normalized spacial score (nSPS) is 15.1. The molecule has 31 heavy (non-hydrogen) atoms. The van der Waals surface area contributed by atoms with Crippen molar-refractivity contribution in [1.29, 1.82) is 0 Å². The van der Waals surface area contributed by atoms with Gasteiger partial charge in [0.2, 0.25) is 0 Å². The minimum absolute atomic E-state index is 0. The molecule has 0 spiro atoms. The van der Waals surface area contributed by atoms with Gasteiger partial charge in [-0.3, -0.25) is 0 Å². The molecule has 7 nitrogen and oxygen atoms in total. The van der Waals surface area contributed by atoms with Crippen LogP contribution in [0.5, 0.6) is 0 Å². The van der Waals surface area contributed by atoms with Crippen LogP contribution in [0.1, 0.15) is 43.4 Å². The van der Waals surface area contributed by atoms with Gasteiger partial charge in [0, 0.05) is 39.9 Å². The number of aromatic nitrogens is 3. The molecule has 172 valence electrons. The van der Waals surface area contributed by atoms with Crippen LogP contribution in [0, 0.1) is 12.8 Å². The first-order valence-electron chi connectivity index (χ1n) is 11.2. The van der Waals surface area contributed by atoms with Gasteiger partial charge in [-0.2, -0.15) is 0 Å². The number of aliphatic imine (C=N–C) groups is 1. The molecule has 3 rings (SSSR count). The summed E-state index contributed by atoms with van der Waals surface area (Å²) in [5, 5.41) is 11.9. The number of hydrogen-bond acceptors (Lipinski definition) is 4. The Morgan fingerprint density at radius 2 is 1.94 bits per heavy atom. The first-order valence-corrected chi connectivity index (χ1v) is 11.2. The fourth-order valence-electron chi connectivity index (χ4n) is 3.82. The third kappa shape index (κ3) is 8.07. The van der Waals surface area contributed by atoms with Crippen molar-refractivity contribution >= 4 is 29.9 Å². The average Bonchev–Trinajstić information content (AvgIpc) is 3.09. The highest BCUT2D eigenvalue weighted by atomic mass is 127. The standard InChI is InChI=1S/C23H36N6O.HI/c1-4-30-16-8-13-24-23(25-18-22-27-26-19(2)28(22)3)29-14-11-21(12-15-29)17-20-9-6-5-7-10-20;/h5-7,9-10,21H,4,8,11-18H2,1-3H3,(H,24,25);1H. The van der Waals surface area contributed by atoms with Gasteiger partial charge >= 0.3 is 0 Å². The number of halogens is 1.